The molecule has 1 aliphatic rings. The van der Waals surface area contributed by atoms with E-state index in [4.69, 9.17) is 5.73 Å². The van der Waals surface area contributed by atoms with Gasteiger partial charge in [0.05, 0.1) is 11.6 Å². The van der Waals surface area contributed by atoms with Crippen molar-refractivity contribution in [3.8, 4) is 0 Å². The normalized spacial score (nSPS) is 29.9. The van der Waals surface area contributed by atoms with Crippen molar-refractivity contribution in [2.45, 2.75) is 51.7 Å². The zero-order valence-electron chi connectivity index (χ0n) is 10.6. The van der Waals surface area contributed by atoms with E-state index in [0.29, 0.717) is 6.54 Å². The van der Waals surface area contributed by atoms with Gasteiger partial charge in [-0.1, -0.05) is 20.3 Å². The maximum absolute atomic E-state index is 12.1. The van der Waals surface area contributed by atoms with E-state index >= 15 is 0 Å². The lowest BCUT2D eigenvalue weighted by atomic mass is 9.93. The van der Waals surface area contributed by atoms with Gasteiger partial charge in [0.25, 0.3) is 0 Å². The molecule has 1 amide bonds. The molecule has 3 N–H and O–H groups in total. The first-order chi connectivity index (χ1) is 7.37. The molecule has 1 unspecified atom stereocenters. The maximum Gasteiger partial charge on any atom is 0.239 e. The van der Waals surface area contributed by atoms with Crippen molar-refractivity contribution in [3.63, 3.8) is 0 Å². The van der Waals surface area contributed by atoms with Gasteiger partial charge in [0, 0.05) is 13.1 Å². The van der Waals surface area contributed by atoms with E-state index in [0.717, 1.165) is 25.8 Å². The Morgan fingerprint density at radius 1 is 1.62 bits per heavy atom. The number of piperidine rings is 1. The van der Waals surface area contributed by atoms with E-state index in [9.17, 15) is 9.90 Å². The highest BCUT2D eigenvalue weighted by Gasteiger charge is 2.33. The highest BCUT2D eigenvalue weighted by Crippen LogP contribution is 2.21. The Morgan fingerprint density at radius 3 is 2.75 bits per heavy atom. The van der Waals surface area contributed by atoms with Crippen LogP contribution in [0.2, 0.25) is 0 Å². The van der Waals surface area contributed by atoms with Crippen molar-refractivity contribution in [1.29, 1.82) is 0 Å². The quantitative estimate of drug-likeness (QED) is 0.748. The van der Waals surface area contributed by atoms with Gasteiger partial charge in [0.2, 0.25) is 5.91 Å². The minimum Gasteiger partial charge on any atom is -0.388 e. The van der Waals surface area contributed by atoms with Crippen molar-refractivity contribution in [2.75, 3.05) is 13.1 Å². The zero-order valence-corrected chi connectivity index (χ0v) is 10.6. The molecule has 3 atom stereocenters. The van der Waals surface area contributed by atoms with E-state index in [2.05, 4.69) is 0 Å². The molecule has 94 valence electrons. The SMILES string of the molecule is CC[C@H](C)[C@H](N)C(=O)N1CCCC(C)(O)C1. The zero-order chi connectivity index (χ0) is 12.3. The summed E-state index contributed by atoms with van der Waals surface area (Å²) in [6.45, 7) is 6.94. The minimum absolute atomic E-state index is 0.0191. The Hall–Kier alpha value is -0.610. The number of carbonyl (C=O) groups is 1. The van der Waals surface area contributed by atoms with Crippen LogP contribution in [-0.4, -0.2) is 40.6 Å². The number of amides is 1. The van der Waals surface area contributed by atoms with Crippen LogP contribution < -0.4 is 5.73 Å². The van der Waals surface area contributed by atoms with Crippen LogP contribution in [0.1, 0.15) is 40.0 Å². The average Bonchev–Trinajstić information content (AvgIpc) is 2.24. The van der Waals surface area contributed by atoms with Gasteiger partial charge in [-0.05, 0) is 25.7 Å². The molecule has 0 aromatic rings. The molecule has 4 heteroatoms. The standard InChI is InChI=1S/C12H24N2O2/c1-4-9(2)10(13)11(15)14-7-5-6-12(3,16)8-14/h9-10,16H,4-8,13H2,1-3H3/t9-,10-,12?/m0/s1. The smallest absolute Gasteiger partial charge is 0.239 e. The van der Waals surface area contributed by atoms with Crippen LogP contribution in [0, 0.1) is 5.92 Å². The third kappa shape index (κ3) is 3.19. The molecule has 0 aromatic carbocycles. The molecule has 4 nitrogen and oxygen atoms in total. The summed E-state index contributed by atoms with van der Waals surface area (Å²) in [5, 5.41) is 9.94. The van der Waals surface area contributed by atoms with Crippen LogP contribution in [0.15, 0.2) is 0 Å². The second-order valence-corrected chi connectivity index (χ2v) is 5.27. The van der Waals surface area contributed by atoms with Crippen molar-refractivity contribution < 1.29 is 9.90 Å². The summed E-state index contributed by atoms with van der Waals surface area (Å²) < 4.78 is 0. The van der Waals surface area contributed by atoms with Gasteiger partial charge < -0.3 is 15.7 Å². The number of carbonyl (C=O) groups excluding carboxylic acids is 1. The number of nitrogens with two attached hydrogens (primary N) is 1. The molecule has 0 bridgehead atoms. The van der Waals surface area contributed by atoms with Crippen LogP contribution in [0.3, 0.4) is 0 Å². The first kappa shape index (κ1) is 13.5. The summed E-state index contributed by atoms with van der Waals surface area (Å²) in [7, 11) is 0. The number of aliphatic hydroxyl groups is 1. The third-order valence-corrected chi connectivity index (χ3v) is 3.53. The molecule has 1 heterocycles. The minimum atomic E-state index is -0.747. The van der Waals surface area contributed by atoms with Gasteiger partial charge in [-0.25, -0.2) is 0 Å². The van der Waals surface area contributed by atoms with Crippen LogP contribution >= 0.6 is 0 Å². The fourth-order valence-electron chi connectivity index (χ4n) is 2.12. The molecule has 1 rings (SSSR count). The average molecular weight is 228 g/mol. The Labute approximate surface area is 97.8 Å². The Morgan fingerprint density at radius 2 is 2.25 bits per heavy atom. The van der Waals surface area contributed by atoms with E-state index in [1.165, 1.54) is 0 Å². The monoisotopic (exact) mass is 228 g/mol. The van der Waals surface area contributed by atoms with Crippen molar-refractivity contribution in [2.24, 2.45) is 11.7 Å². The topological polar surface area (TPSA) is 66.6 Å². The molecule has 1 fully saturated rings. The Kier molecular flexibility index (Phi) is 4.33. The second-order valence-electron chi connectivity index (χ2n) is 5.27. The number of hydrogen-bond acceptors (Lipinski definition) is 3. The lowest BCUT2D eigenvalue weighted by Crippen LogP contribution is -2.54. The van der Waals surface area contributed by atoms with Gasteiger partial charge in [-0.15, -0.1) is 0 Å². The molecule has 0 aliphatic carbocycles. The second kappa shape index (κ2) is 5.15. The van der Waals surface area contributed by atoms with E-state index in [1.54, 1.807) is 11.8 Å². The lowest BCUT2D eigenvalue weighted by Gasteiger charge is -2.38. The summed E-state index contributed by atoms with van der Waals surface area (Å²) in [6, 6.07) is -0.432. The lowest BCUT2D eigenvalue weighted by molar-refractivity contribution is -0.140. The predicted molar refractivity (Wildman–Crippen MR) is 63.9 cm³/mol. The van der Waals surface area contributed by atoms with Gasteiger partial charge in [-0.2, -0.15) is 0 Å². The van der Waals surface area contributed by atoms with Gasteiger partial charge in [-0.3, -0.25) is 4.79 Å². The van der Waals surface area contributed by atoms with Crippen LogP contribution in [0.4, 0.5) is 0 Å². The number of hydrogen-bond donors (Lipinski definition) is 2. The summed E-state index contributed by atoms with van der Waals surface area (Å²) in [5.74, 6) is 0.175. The maximum atomic E-state index is 12.1. The molecular formula is C12H24N2O2. The highest BCUT2D eigenvalue weighted by atomic mass is 16.3. The first-order valence-corrected chi connectivity index (χ1v) is 6.14. The molecule has 0 spiro atoms. The largest absolute Gasteiger partial charge is 0.388 e. The number of nitrogens with zero attached hydrogens (tertiary/aromatic N) is 1. The van der Waals surface area contributed by atoms with Crippen molar-refractivity contribution in [1.82, 2.24) is 4.90 Å². The molecule has 1 saturated heterocycles. The van der Waals surface area contributed by atoms with Crippen LogP contribution in [-0.2, 0) is 4.79 Å². The molecule has 0 aromatic heterocycles. The molecular weight excluding hydrogens is 204 g/mol. The van der Waals surface area contributed by atoms with Gasteiger partial charge in [0.15, 0.2) is 0 Å². The van der Waals surface area contributed by atoms with Crippen molar-refractivity contribution >= 4 is 5.91 Å². The van der Waals surface area contributed by atoms with Crippen LogP contribution in [0.5, 0.6) is 0 Å². The van der Waals surface area contributed by atoms with Gasteiger partial charge in [0.1, 0.15) is 0 Å². The summed E-state index contributed by atoms with van der Waals surface area (Å²) in [6.07, 6.45) is 2.51. The summed E-state index contributed by atoms with van der Waals surface area (Å²) >= 11 is 0. The Balaban J connectivity index is 2.60. The Bertz CT molecular complexity index is 253. The van der Waals surface area contributed by atoms with Crippen molar-refractivity contribution in [3.05, 3.63) is 0 Å². The number of β-amino-alcohol motifs (C(OH)–C–C–N with tert-alkyl or cyclic N) is 1. The van der Waals surface area contributed by atoms with E-state index in [-0.39, 0.29) is 11.8 Å². The molecule has 16 heavy (non-hydrogen) atoms. The van der Waals surface area contributed by atoms with E-state index in [1.807, 2.05) is 13.8 Å². The van der Waals surface area contributed by atoms with E-state index < -0.39 is 11.6 Å². The number of rotatable bonds is 3. The van der Waals surface area contributed by atoms with Crippen LogP contribution in [0.25, 0.3) is 0 Å². The summed E-state index contributed by atoms with van der Waals surface area (Å²) in [4.78, 5) is 13.8. The fourth-order valence-corrected chi connectivity index (χ4v) is 2.12. The fraction of sp³-hybridized carbons (Fsp3) is 0.917. The highest BCUT2D eigenvalue weighted by molar-refractivity contribution is 5.82. The number of likely N-dealkylation sites (tertiary alicyclic amines) is 1. The predicted octanol–water partition coefficient (Wildman–Crippen LogP) is 0.733. The third-order valence-electron chi connectivity index (χ3n) is 3.53. The van der Waals surface area contributed by atoms with Gasteiger partial charge >= 0.3 is 0 Å². The summed E-state index contributed by atoms with van der Waals surface area (Å²) in [5.41, 5.74) is 5.17. The first-order valence-electron chi connectivity index (χ1n) is 6.14. The molecule has 0 radical (unpaired) electrons. The molecule has 1 aliphatic heterocycles. The molecule has 0 saturated carbocycles.